The van der Waals surface area contributed by atoms with Gasteiger partial charge in [-0.3, -0.25) is 0 Å². The predicted molar refractivity (Wildman–Crippen MR) is 99.1 cm³/mol. The zero-order valence-corrected chi connectivity index (χ0v) is 15.7. The maximum atomic E-state index is 9.11. The number of phenols is 1. The Bertz CT molecular complexity index is 640. The normalized spacial score (nSPS) is 9.80. The van der Waals surface area contributed by atoms with Gasteiger partial charge in [0.1, 0.15) is 0 Å². The third-order valence-corrected chi connectivity index (χ3v) is 3.40. The number of hydrogen-bond acceptors (Lipinski definition) is 5. The van der Waals surface area contributed by atoms with Crippen molar-refractivity contribution in [3.8, 4) is 23.0 Å². The zero-order valence-electron chi connectivity index (χ0n) is 15.7. The molecule has 138 valence electrons. The standard InChI is InChI=1S/C12H18O3.C8H10O2/c1-10-5-6-11(12(9-10)14-3)15-8-4-7-13-2;1-6-3-4-7(9)8(5-6)10-2/h5-6,9H,4,7-8H2,1-3H3;3-5,9H,1-2H3. The van der Waals surface area contributed by atoms with Crippen LogP contribution in [-0.2, 0) is 4.74 Å². The fourth-order valence-corrected chi connectivity index (χ4v) is 2.06. The van der Waals surface area contributed by atoms with Gasteiger partial charge in [0.05, 0.1) is 20.8 Å². The smallest absolute Gasteiger partial charge is 0.161 e. The lowest BCUT2D eigenvalue weighted by molar-refractivity contribution is 0.170. The molecule has 0 aliphatic heterocycles. The van der Waals surface area contributed by atoms with Crippen molar-refractivity contribution < 1.29 is 24.1 Å². The number of phenolic OH excluding ortho intramolecular Hbond substituents is 1. The monoisotopic (exact) mass is 348 g/mol. The second kappa shape index (κ2) is 11.2. The van der Waals surface area contributed by atoms with Gasteiger partial charge in [0.15, 0.2) is 23.0 Å². The Morgan fingerprint density at radius 1 is 0.760 bits per heavy atom. The maximum absolute atomic E-state index is 9.11. The summed E-state index contributed by atoms with van der Waals surface area (Å²) in [5.74, 6) is 2.29. The summed E-state index contributed by atoms with van der Waals surface area (Å²) in [4.78, 5) is 0. The Morgan fingerprint density at radius 3 is 1.92 bits per heavy atom. The summed E-state index contributed by atoms with van der Waals surface area (Å²) in [5, 5.41) is 9.11. The van der Waals surface area contributed by atoms with E-state index < -0.39 is 0 Å². The van der Waals surface area contributed by atoms with E-state index in [1.54, 1.807) is 26.4 Å². The minimum Gasteiger partial charge on any atom is -0.504 e. The fraction of sp³-hybridized carbons (Fsp3) is 0.400. The lowest BCUT2D eigenvalue weighted by Crippen LogP contribution is -2.02. The molecular formula is C20H28O5. The molecule has 0 bridgehead atoms. The number of aromatic hydroxyl groups is 1. The second-order valence-corrected chi connectivity index (χ2v) is 5.52. The summed E-state index contributed by atoms with van der Waals surface area (Å²) in [7, 11) is 4.87. The second-order valence-electron chi connectivity index (χ2n) is 5.52. The number of benzene rings is 2. The Labute approximate surface area is 150 Å². The lowest BCUT2D eigenvalue weighted by atomic mass is 10.2. The number of rotatable bonds is 7. The van der Waals surface area contributed by atoms with Crippen LogP contribution >= 0.6 is 0 Å². The minimum absolute atomic E-state index is 0.188. The molecule has 25 heavy (non-hydrogen) atoms. The highest BCUT2D eigenvalue weighted by atomic mass is 16.5. The summed E-state index contributed by atoms with van der Waals surface area (Å²) < 4.78 is 20.6. The van der Waals surface area contributed by atoms with E-state index >= 15 is 0 Å². The van der Waals surface area contributed by atoms with Crippen LogP contribution in [0.15, 0.2) is 36.4 Å². The van der Waals surface area contributed by atoms with Crippen LogP contribution in [-0.4, -0.2) is 39.6 Å². The van der Waals surface area contributed by atoms with Crippen LogP contribution in [0.2, 0.25) is 0 Å². The SMILES string of the molecule is COCCCOc1ccc(C)cc1OC.COc1cc(C)ccc1O. The molecule has 5 heteroatoms. The van der Waals surface area contributed by atoms with Crippen LogP contribution in [0.4, 0.5) is 0 Å². The summed E-state index contributed by atoms with van der Waals surface area (Å²) in [5.41, 5.74) is 2.24. The van der Waals surface area contributed by atoms with E-state index in [9.17, 15) is 0 Å². The van der Waals surface area contributed by atoms with Gasteiger partial charge in [-0.05, 0) is 49.2 Å². The number of ether oxygens (including phenoxy) is 4. The molecule has 0 aliphatic rings. The topological polar surface area (TPSA) is 57.2 Å². The van der Waals surface area contributed by atoms with Gasteiger partial charge in [-0.15, -0.1) is 0 Å². The van der Waals surface area contributed by atoms with Crippen LogP contribution in [0.3, 0.4) is 0 Å². The van der Waals surface area contributed by atoms with Crippen molar-refractivity contribution in [1.82, 2.24) is 0 Å². The first-order chi connectivity index (χ1) is 12.0. The van der Waals surface area contributed by atoms with Gasteiger partial charge in [-0.25, -0.2) is 0 Å². The molecule has 0 fully saturated rings. The highest BCUT2D eigenvalue weighted by Gasteiger charge is 2.03. The first-order valence-electron chi connectivity index (χ1n) is 8.11. The van der Waals surface area contributed by atoms with Gasteiger partial charge in [-0.2, -0.15) is 0 Å². The molecule has 0 aromatic heterocycles. The number of methoxy groups -OCH3 is 3. The first kappa shape index (κ1) is 20.6. The summed E-state index contributed by atoms with van der Waals surface area (Å²) in [6, 6.07) is 11.1. The molecule has 0 saturated heterocycles. The lowest BCUT2D eigenvalue weighted by Gasteiger charge is -2.10. The first-order valence-corrected chi connectivity index (χ1v) is 8.11. The van der Waals surface area contributed by atoms with Crippen LogP contribution in [0.25, 0.3) is 0 Å². The maximum Gasteiger partial charge on any atom is 0.161 e. The van der Waals surface area contributed by atoms with Crippen molar-refractivity contribution in [3.63, 3.8) is 0 Å². The Hall–Kier alpha value is -2.40. The summed E-state index contributed by atoms with van der Waals surface area (Å²) >= 11 is 0. The molecule has 2 aromatic carbocycles. The third kappa shape index (κ3) is 7.35. The number of aryl methyl sites for hydroxylation is 2. The van der Waals surface area contributed by atoms with E-state index in [1.165, 1.54) is 7.11 Å². The van der Waals surface area contributed by atoms with E-state index in [1.807, 2.05) is 38.1 Å². The summed E-state index contributed by atoms with van der Waals surface area (Å²) in [6.07, 6.45) is 0.882. The molecule has 5 nitrogen and oxygen atoms in total. The third-order valence-electron chi connectivity index (χ3n) is 3.40. The van der Waals surface area contributed by atoms with E-state index in [0.717, 1.165) is 29.0 Å². The van der Waals surface area contributed by atoms with Crippen molar-refractivity contribution >= 4 is 0 Å². The molecule has 2 rings (SSSR count). The molecule has 2 aromatic rings. The van der Waals surface area contributed by atoms with Crippen molar-refractivity contribution in [2.24, 2.45) is 0 Å². The van der Waals surface area contributed by atoms with E-state index in [0.29, 0.717) is 19.0 Å². The quantitative estimate of drug-likeness (QED) is 0.763. The van der Waals surface area contributed by atoms with Gasteiger partial charge in [0.25, 0.3) is 0 Å². The van der Waals surface area contributed by atoms with Crippen LogP contribution in [0.5, 0.6) is 23.0 Å². The van der Waals surface area contributed by atoms with Crippen LogP contribution < -0.4 is 14.2 Å². The van der Waals surface area contributed by atoms with Gasteiger partial charge in [-0.1, -0.05) is 12.1 Å². The Kier molecular flexibility index (Phi) is 9.25. The minimum atomic E-state index is 0.188. The van der Waals surface area contributed by atoms with E-state index in [2.05, 4.69) is 0 Å². The van der Waals surface area contributed by atoms with Crippen LogP contribution in [0.1, 0.15) is 17.5 Å². The molecule has 0 atom stereocenters. The van der Waals surface area contributed by atoms with Crippen molar-refractivity contribution in [2.45, 2.75) is 20.3 Å². The van der Waals surface area contributed by atoms with E-state index in [-0.39, 0.29) is 5.75 Å². The molecule has 1 N–H and O–H groups in total. The highest BCUT2D eigenvalue weighted by Crippen LogP contribution is 2.27. The largest absolute Gasteiger partial charge is 0.504 e. The Morgan fingerprint density at radius 2 is 1.36 bits per heavy atom. The van der Waals surface area contributed by atoms with E-state index in [4.69, 9.17) is 24.1 Å². The van der Waals surface area contributed by atoms with Gasteiger partial charge < -0.3 is 24.1 Å². The average Bonchev–Trinajstić information content (AvgIpc) is 2.62. The van der Waals surface area contributed by atoms with Gasteiger partial charge >= 0.3 is 0 Å². The molecule has 0 saturated carbocycles. The van der Waals surface area contributed by atoms with Gasteiger partial charge in [0, 0.05) is 20.1 Å². The molecule has 0 amide bonds. The molecule has 0 spiro atoms. The van der Waals surface area contributed by atoms with Crippen molar-refractivity contribution in [1.29, 1.82) is 0 Å². The van der Waals surface area contributed by atoms with Crippen molar-refractivity contribution in [2.75, 3.05) is 34.5 Å². The average molecular weight is 348 g/mol. The fourth-order valence-electron chi connectivity index (χ4n) is 2.06. The Balaban J connectivity index is 0.000000271. The number of hydrogen-bond donors (Lipinski definition) is 1. The van der Waals surface area contributed by atoms with Crippen LogP contribution in [0, 0.1) is 13.8 Å². The van der Waals surface area contributed by atoms with Crippen molar-refractivity contribution in [3.05, 3.63) is 47.5 Å². The highest BCUT2D eigenvalue weighted by molar-refractivity contribution is 5.42. The molecule has 0 radical (unpaired) electrons. The molecule has 0 unspecified atom stereocenters. The molecule has 0 aliphatic carbocycles. The predicted octanol–water partition coefficient (Wildman–Crippen LogP) is 4.13. The molecule has 0 heterocycles. The summed E-state index contributed by atoms with van der Waals surface area (Å²) in [6.45, 7) is 5.33. The molecular weight excluding hydrogens is 320 g/mol. The zero-order chi connectivity index (χ0) is 18.7. The van der Waals surface area contributed by atoms with Gasteiger partial charge in [0.2, 0.25) is 0 Å².